The van der Waals surface area contributed by atoms with Gasteiger partial charge in [-0.3, -0.25) is 4.79 Å². The Kier molecular flexibility index (Phi) is 7.96. The van der Waals surface area contributed by atoms with E-state index in [1.54, 1.807) is 44.8 Å². The van der Waals surface area contributed by atoms with Crippen LogP contribution in [0.3, 0.4) is 0 Å². The zero-order valence-electron chi connectivity index (χ0n) is 23.9. The molecule has 0 atom stereocenters. The summed E-state index contributed by atoms with van der Waals surface area (Å²) in [7, 11) is 3.11. The minimum absolute atomic E-state index is 0.0164. The van der Waals surface area contributed by atoms with Gasteiger partial charge in [-0.1, -0.05) is 18.2 Å². The summed E-state index contributed by atoms with van der Waals surface area (Å²) < 4.78 is 21.7. The Balaban J connectivity index is 0.000000181. The van der Waals surface area contributed by atoms with E-state index in [-0.39, 0.29) is 12.2 Å². The molecule has 10 heteroatoms. The number of aromatic nitrogens is 4. The molecule has 0 saturated heterocycles. The molecule has 10 nitrogen and oxygen atoms in total. The van der Waals surface area contributed by atoms with Crippen LogP contribution in [0.4, 0.5) is 5.69 Å². The molecule has 0 unspecified atom stereocenters. The molecule has 44 heavy (non-hydrogen) atoms. The largest absolute Gasteiger partial charge is 0.493 e. The monoisotopic (exact) mass is 585 g/mol. The molecule has 0 spiro atoms. The van der Waals surface area contributed by atoms with Crippen LogP contribution in [0, 0.1) is 0 Å². The Morgan fingerprint density at radius 2 is 1.32 bits per heavy atom. The Hall–Kier alpha value is -6.03. The maximum atomic E-state index is 12.7. The van der Waals surface area contributed by atoms with Crippen molar-refractivity contribution in [2.45, 2.75) is 6.42 Å². The molecule has 4 heterocycles. The van der Waals surface area contributed by atoms with Crippen molar-refractivity contribution in [3.8, 4) is 34.4 Å². The molecule has 0 aliphatic carbocycles. The first kappa shape index (κ1) is 28.1. The predicted octanol–water partition coefficient (Wildman–Crippen LogP) is 6.80. The third-order valence-electron chi connectivity index (χ3n) is 6.71. The number of fused-ring (bicyclic) bond motifs is 2. The average molecular weight is 586 g/mol. The number of nitrogens with zero attached hydrogens (tertiary/aromatic N) is 4. The second kappa shape index (κ2) is 12.5. The Bertz CT molecular complexity index is 2020. The van der Waals surface area contributed by atoms with Gasteiger partial charge < -0.3 is 24.0 Å². The van der Waals surface area contributed by atoms with E-state index in [2.05, 4.69) is 19.9 Å². The van der Waals surface area contributed by atoms with Gasteiger partial charge in [0.25, 0.3) is 0 Å². The molecule has 2 N–H and O–H groups in total. The maximum Gasteiger partial charge on any atom is 0.247 e. The number of Topliss-reactive ketones (excluding diaryl/α,β-unsaturated/α-hetero) is 1. The predicted molar refractivity (Wildman–Crippen MR) is 166 cm³/mol. The second-order valence-electron chi connectivity index (χ2n) is 9.69. The molecule has 218 valence electrons. The third kappa shape index (κ3) is 6.09. The van der Waals surface area contributed by atoms with E-state index in [9.17, 15) is 4.79 Å². The summed E-state index contributed by atoms with van der Waals surface area (Å²) in [6.07, 6.45) is 3.59. The lowest BCUT2D eigenvalue weighted by Gasteiger charge is -2.09. The second-order valence-corrected chi connectivity index (χ2v) is 9.69. The van der Waals surface area contributed by atoms with E-state index in [0.29, 0.717) is 51.5 Å². The van der Waals surface area contributed by atoms with Gasteiger partial charge in [0, 0.05) is 41.2 Å². The van der Waals surface area contributed by atoms with Crippen LogP contribution in [0.5, 0.6) is 11.5 Å². The number of hydrogen-bond donors (Lipinski definition) is 1. The number of rotatable bonds is 7. The molecule has 7 rings (SSSR count). The van der Waals surface area contributed by atoms with Gasteiger partial charge in [0.05, 0.1) is 14.2 Å². The van der Waals surface area contributed by atoms with E-state index in [1.807, 2.05) is 72.8 Å². The summed E-state index contributed by atoms with van der Waals surface area (Å²) >= 11 is 0. The van der Waals surface area contributed by atoms with Crippen LogP contribution in [0.25, 0.3) is 45.4 Å². The summed E-state index contributed by atoms with van der Waals surface area (Å²) in [5, 5.41) is 0. The van der Waals surface area contributed by atoms with Gasteiger partial charge >= 0.3 is 0 Å². The van der Waals surface area contributed by atoms with E-state index in [4.69, 9.17) is 24.0 Å². The van der Waals surface area contributed by atoms with Crippen molar-refractivity contribution in [2.24, 2.45) is 0 Å². The molecular formula is C34H27N5O5. The molecule has 7 aromatic rings. The minimum Gasteiger partial charge on any atom is -0.493 e. The number of pyridine rings is 2. The van der Waals surface area contributed by atoms with E-state index < -0.39 is 0 Å². The average Bonchev–Trinajstić information content (AvgIpc) is 3.70. The zero-order chi connectivity index (χ0) is 30.5. The lowest BCUT2D eigenvalue weighted by Crippen LogP contribution is -2.04. The number of ketones is 1. The van der Waals surface area contributed by atoms with Crippen molar-refractivity contribution in [3.63, 3.8) is 0 Å². The van der Waals surface area contributed by atoms with Crippen LogP contribution in [0.1, 0.15) is 15.9 Å². The van der Waals surface area contributed by atoms with Gasteiger partial charge in [0.1, 0.15) is 11.0 Å². The number of hydrogen-bond acceptors (Lipinski definition) is 10. The topological polar surface area (TPSA) is 139 Å². The summed E-state index contributed by atoms with van der Waals surface area (Å²) in [6.45, 7) is 0. The fourth-order valence-corrected chi connectivity index (χ4v) is 4.57. The number of ether oxygens (including phenoxy) is 2. The van der Waals surface area contributed by atoms with E-state index in [0.717, 1.165) is 22.2 Å². The molecule has 0 aliphatic heterocycles. The number of methoxy groups -OCH3 is 2. The van der Waals surface area contributed by atoms with Gasteiger partial charge in [-0.25, -0.2) is 19.9 Å². The molecule has 0 radical (unpaired) electrons. The summed E-state index contributed by atoms with van der Waals surface area (Å²) in [5.74, 6) is 2.12. The molecule has 0 fully saturated rings. The van der Waals surface area contributed by atoms with Crippen molar-refractivity contribution >= 4 is 33.9 Å². The number of benzene rings is 3. The lowest BCUT2D eigenvalue weighted by atomic mass is 10.0. The third-order valence-corrected chi connectivity index (χ3v) is 6.71. The molecular weight excluding hydrogens is 558 g/mol. The number of nitrogen functional groups attached to an aromatic ring is 1. The highest BCUT2D eigenvalue weighted by Crippen LogP contribution is 2.29. The van der Waals surface area contributed by atoms with Crippen molar-refractivity contribution in [1.29, 1.82) is 0 Å². The summed E-state index contributed by atoms with van der Waals surface area (Å²) in [5.41, 5.74) is 12.0. The lowest BCUT2D eigenvalue weighted by molar-refractivity contribution is 0.0992. The normalized spacial score (nSPS) is 10.8. The Labute approximate surface area is 252 Å². The quantitative estimate of drug-likeness (QED) is 0.157. The number of carbonyl (C=O) groups is 1. The van der Waals surface area contributed by atoms with Crippen LogP contribution < -0.4 is 15.2 Å². The Morgan fingerprint density at radius 3 is 1.91 bits per heavy atom. The molecule has 0 bridgehead atoms. The fraction of sp³-hybridized carbons (Fsp3) is 0.0882. The van der Waals surface area contributed by atoms with E-state index >= 15 is 0 Å². The smallest absolute Gasteiger partial charge is 0.247 e. The first-order chi connectivity index (χ1) is 21.5. The standard InChI is InChI=1S/C22H18N2O4.C12H9N3O/c1-26-19-9-8-15(13-20(19)27-2)18(25)12-14-5-3-6-16(11-14)21-24-17-7-4-10-23-22(17)28-21;13-9-4-1-3-8(7-9)11-15-10-5-2-6-14-12(10)16-11/h3-11,13H,12H2,1-2H3;1-7H,13H2. The van der Waals surface area contributed by atoms with Crippen molar-refractivity contribution in [2.75, 3.05) is 20.0 Å². The van der Waals surface area contributed by atoms with Crippen LogP contribution in [0.15, 0.2) is 112 Å². The Morgan fingerprint density at radius 1 is 0.705 bits per heavy atom. The number of nitrogens with two attached hydrogens (primary N) is 1. The highest BCUT2D eigenvalue weighted by atomic mass is 16.5. The van der Waals surface area contributed by atoms with Crippen molar-refractivity contribution in [1.82, 2.24) is 19.9 Å². The summed E-state index contributed by atoms with van der Waals surface area (Å²) in [4.78, 5) is 29.8. The van der Waals surface area contributed by atoms with Gasteiger partial charge in [-0.2, -0.15) is 0 Å². The molecule has 0 saturated carbocycles. The number of oxazole rings is 2. The molecule has 3 aromatic carbocycles. The molecule has 4 aromatic heterocycles. The van der Waals surface area contributed by atoms with Crippen LogP contribution in [0.2, 0.25) is 0 Å². The first-order valence-corrected chi connectivity index (χ1v) is 13.6. The van der Waals surface area contributed by atoms with Crippen molar-refractivity contribution < 1.29 is 23.1 Å². The first-order valence-electron chi connectivity index (χ1n) is 13.6. The zero-order valence-corrected chi connectivity index (χ0v) is 23.9. The molecule has 0 aliphatic rings. The van der Waals surface area contributed by atoms with Crippen LogP contribution in [-0.2, 0) is 6.42 Å². The number of carbonyl (C=O) groups excluding carboxylic acids is 1. The highest BCUT2D eigenvalue weighted by Gasteiger charge is 2.14. The summed E-state index contributed by atoms with van der Waals surface area (Å²) in [6, 6.07) is 27.5. The van der Waals surface area contributed by atoms with Crippen molar-refractivity contribution in [3.05, 3.63) is 115 Å². The highest BCUT2D eigenvalue weighted by molar-refractivity contribution is 5.98. The van der Waals surface area contributed by atoms with Crippen LogP contribution in [-0.4, -0.2) is 39.9 Å². The van der Waals surface area contributed by atoms with Crippen LogP contribution >= 0.6 is 0 Å². The van der Waals surface area contributed by atoms with Gasteiger partial charge in [-0.15, -0.1) is 0 Å². The maximum absolute atomic E-state index is 12.7. The number of anilines is 1. The van der Waals surface area contributed by atoms with Gasteiger partial charge in [0.2, 0.25) is 23.2 Å². The van der Waals surface area contributed by atoms with E-state index in [1.165, 1.54) is 0 Å². The SMILES string of the molecule is COc1ccc(C(=O)Cc2cccc(-c3nc4cccnc4o3)c2)cc1OC.Nc1cccc(-c2nc3cccnc3o2)c1. The minimum atomic E-state index is -0.0164. The molecule has 0 amide bonds. The van der Waals surface area contributed by atoms with Gasteiger partial charge in [-0.05, 0) is 78.4 Å². The fourth-order valence-electron chi connectivity index (χ4n) is 4.57. The van der Waals surface area contributed by atoms with Gasteiger partial charge in [0.15, 0.2) is 17.3 Å².